The zero-order valence-electron chi connectivity index (χ0n) is 9.32. The van der Waals surface area contributed by atoms with Gasteiger partial charge in [-0.1, -0.05) is 24.3 Å². The van der Waals surface area contributed by atoms with E-state index in [1.807, 2.05) is 0 Å². The maximum atomic E-state index is 13.3. The summed E-state index contributed by atoms with van der Waals surface area (Å²) in [7, 11) is -3.63. The van der Waals surface area contributed by atoms with Crippen LogP contribution >= 0.6 is 0 Å². The van der Waals surface area contributed by atoms with Crippen LogP contribution in [-0.2, 0) is 9.84 Å². The van der Waals surface area contributed by atoms with Gasteiger partial charge in [-0.3, -0.25) is 0 Å². The van der Waals surface area contributed by atoms with Gasteiger partial charge in [-0.05, 0) is 24.3 Å². The Bertz CT molecular complexity index is 666. The first-order chi connectivity index (χ1) is 8.59. The zero-order valence-corrected chi connectivity index (χ0v) is 10.1. The molecule has 0 amide bonds. The van der Waals surface area contributed by atoms with Crippen LogP contribution in [-0.4, -0.2) is 13.4 Å². The van der Waals surface area contributed by atoms with Gasteiger partial charge in [0.05, 0.1) is 0 Å². The van der Waals surface area contributed by atoms with Crippen molar-refractivity contribution < 1.29 is 12.8 Å². The average Bonchev–Trinajstić information content (AvgIpc) is 2.39. The molecule has 0 radical (unpaired) electrons. The van der Waals surface area contributed by atoms with Gasteiger partial charge in [-0.2, -0.15) is 0 Å². The lowest BCUT2D eigenvalue weighted by Gasteiger charge is -1.98. The van der Waals surface area contributed by atoms with Crippen molar-refractivity contribution in [1.29, 1.82) is 0 Å². The van der Waals surface area contributed by atoms with Gasteiger partial charge in [0.1, 0.15) is 5.82 Å². The summed E-state index contributed by atoms with van der Waals surface area (Å²) in [5.41, 5.74) is 0.219. The molecule has 1 aromatic heterocycles. The minimum absolute atomic E-state index is 0.0578. The van der Waals surface area contributed by atoms with Gasteiger partial charge in [0.25, 0.3) is 0 Å². The maximum Gasteiger partial charge on any atom is 0.217 e. The molecular formula is C13H10FNO2S. The quantitative estimate of drug-likeness (QED) is 0.855. The first kappa shape index (κ1) is 12.4. The van der Waals surface area contributed by atoms with Crippen LogP contribution in [0.4, 0.5) is 4.39 Å². The summed E-state index contributed by atoms with van der Waals surface area (Å²) in [5, 5.41) is 0.894. The number of aromatic nitrogens is 1. The zero-order chi connectivity index (χ0) is 13.0. The Hall–Kier alpha value is -2.01. The SMILES string of the molecule is O=S(=O)(/C=C/c1ccccc1F)c1ccccn1. The van der Waals surface area contributed by atoms with E-state index in [-0.39, 0.29) is 10.6 Å². The van der Waals surface area contributed by atoms with Crippen LogP contribution in [0.1, 0.15) is 5.56 Å². The fourth-order valence-electron chi connectivity index (χ4n) is 1.36. The highest BCUT2D eigenvalue weighted by Gasteiger charge is 2.11. The van der Waals surface area contributed by atoms with Gasteiger partial charge >= 0.3 is 0 Å². The summed E-state index contributed by atoms with van der Waals surface area (Å²) < 4.78 is 37.0. The van der Waals surface area contributed by atoms with Gasteiger partial charge in [0.15, 0.2) is 5.03 Å². The van der Waals surface area contributed by atoms with E-state index in [0.29, 0.717) is 0 Å². The number of pyridine rings is 1. The highest BCUT2D eigenvalue weighted by Crippen LogP contribution is 2.13. The Morgan fingerprint density at radius 1 is 1.06 bits per heavy atom. The lowest BCUT2D eigenvalue weighted by atomic mass is 10.2. The third kappa shape index (κ3) is 2.81. The van der Waals surface area contributed by atoms with E-state index in [1.165, 1.54) is 30.5 Å². The van der Waals surface area contributed by atoms with E-state index in [4.69, 9.17) is 0 Å². The van der Waals surface area contributed by atoms with Crippen molar-refractivity contribution in [3.8, 4) is 0 Å². The van der Waals surface area contributed by atoms with E-state index < -0.39 is 15.7 Å². The van der Waals surface area contributed by atoms with Gasteiger partial charge in [0, 0.05) is 17.2 Å². The first-order valence-corrected chi connectivity index (χ1v) is 6.73. The van der Waals surface area contributed by atoms with E-state index in [9.17, 15) is 12.8 Å². The lowest BCUT2D eigenvalue weighted by molar-refractivity contribution is 0.601. The van der Waals surface area contributed by atoms with Crippen LogP contribution in [0.25, 0.3) is 6.08 Å². The Labute approximate surface area is 105 Å². The molecule has 2 rings (SSSR count). The Kier molecular flexibility index (Phi) is 3.53. The summed E-state index contributed by atoms with van der Waals surface area (Å²) in [5.74, 6) is -0.468. The molecule has 0 saturated carbocycles. The highest BCUT2D eigenvalue weighted by molar-refractivity contribution is 7.94. The molecule has 92 valence electrons. The molecule has 0 N–H and O–H groups in total. The lowest BCUT2D eigenvalue weighted by Crippen LogP contribution is -1.98. The van der Waals surface area contributed by atoms with Crippen molar-refractivity contribution in [2.24, 2.45) is 0 Å². The minimum Gasteiger partial charge on any atom is -0.244 e. The van der Waals surface area contributed by atoms with Gasteiger partial charge in [-0.15, -0.1) is 0 Å². The second-order valence-corrected chi connectivity index (χ2v) is 5.32. The second-order valence-electron chi connectivity index (χ2n) is 3.54. The number of benzene rings is 1. The standard InChI is InChI=1S/C13H10FNO2S/c14-12-6-2-1-5-11(12)8-10-18(16,17)13-7-3-4-9-15-13/h1-10H/b10-8+. The van der Waals surface area contributed by atoms with E-state index in [2.05, 4.69) is 4.98 Å². The molecule has 5 heteroatoms. The summed E-state index contributed by atoms with van der Waals surface area (Å²) in [6.45, 7) is 0. The molecule has 0 fully saturated rings. The van der Waals surface area contributed by atoms with Crippen LogP contribution in [0.15, 0.2) is 59.1 Å². The highest BCUT2D eigenvalue weighted by atomic mass is 32.2. The second kappa shape index (κ2) is 5.10. The van der Waals surface area contributed by atoms with Crippen molar-refractivity contribution >= 4 is 15.9 Å². The molecule has 0 aliphatic rings. The topological polar surface area (TPSA) is 47.0 Å². The molecule has 0 atom stereocenters. The predicted molar refractivity (Wildman–Crippen MR) is 66.9 cm³/mol. The predicted octanol–water partition coefficient (Wildman–Crippen LogP) is 2.67. The van der Waals surface area contributed by atoms with Crippen LogP contribution in [0, 0.1) is 5.82 Å². The number of halogens is 1. The molecule has 0 saturated heterocycles. The van der Waals surface area contributed by atoms with Crippen molar-refractivity contribution in [2.75, 3.05) is 0 Å². The molecule has 18 heavy (non-hydrogen) atoms. The van der Waals surface area contributed by atoms with Gasteiger partial charge in [0.2, 0.25) is 9.84 Å². The van der Waals surface area contributed by atoms with Crippen molar-refractivity contribution in [1.82, 2.24) is 4.98 Å². The Balaban J connectivity index is 2.32. The molecule has 3 nitrogen and oxygen atoms in total. The molecular weight excluding hydrogens is 253 g/mol. The molecule has 1 heterocycles. The average molecular weight is 263 g/mol. The van der Waals surface area contributed by atoms with Crippen molar-refractivity contribution in [3.63, 3.8) is 0 Å². The summed E-state index contributed by atoms with van der Waals surface area (Å²) in [6, 6.07) is 10.5. The third-order valence-corrected chi connectivity index (χ3v) is 3.58. The van der Waals surface area contributed by atoms with E-state index in [0.717, 1.165) is 5.41 Å². The van der Waals surface area contributed by atoms with Crippen LogP contribution in [0.3, 0.4) is 0 Å². The summed E-state index contributed by atoms with van der Waals surface area (Å²) >= 11 is 0. The number of hydrogen-bond acceptors (Lipinski definition) is 3. The fourth-order valence-corrected chi connectivity index (χ4v) is 2.30. The smallest absolute Gasteiger partial charge is 0.217 e. The largest absolute Gasteiger partial charge is 0.244 e. The van der Waals surface area contributed by atoms with Crippen molar-refractivity contribution in [2.45, 2.75) is 5.03 Å². The first-order valence-electron chi connectivity index (χ1n) is 5.18. The number of sulfone groups is 1. The number of rotatable bonds is 3. The molecule has 2 aromatic rings. The molecule has 0 bridgehead atoms. The monoisotopic (exact) mass is 263 g/mol. The molecule has 0 aliphatic carbocycles. The van der Waals surface area contributed by atoms with Crippen LogP contribution in [0.2, 0.25) is 0 Å². The summed E-state index contributed by atoms with van der Waals surface area (Å²) in [4.78, 5) is 3.75. The van der Waals surface area contributed by atoms with E-state index >= 15 is 0 Å². The molecule has 0 unspecified atom stereocenters. The number of hydrogen-bond donors (Lipinski definition) is 0. The van der Waals surface area contributed by atoms with Gasteiger partial charge in [-0.25, -0.2) is 17.8 Å². The van der Waals surface area contributed by atoms with Gasteiger partial charge < -0.3 is 0 Å². The minimum atomic E-state index is -3.63. The van der Waals surface area contributed by atoms with Crippen LogP contribution in [0.5, 0.6) is 0 Å². The third-order valence-electron chi connectivity index (χ3n) is 2.26. The molecule has 0 spiro atoms. The van der Waals surface area contributed by atoms with Crippen LogP contribution < -0.4 is 0 Å². The molecule has 1 aromatic carbocycles. The maximum absolute atomic E-state index is 13.3. The summed E-state index contributed by atoms with van der Waals surface area (Å²) in [6.07, 6.45) is 2.61. The fraction of sp³-hybridized carbons (Fsp3) is 0. The number of nitrogens with zero attached hydrogens (tertiary/aromatic N) is 1. The van der Waals surface area contributed by atoms with Crippen molar-refractivity contribution in [3.05, 3.63) is 65.5 Å². The molecule has 0 aliphatic heterocycles. The Morgan fingerprint density at radius 2 is 1.78 bits per heavy atom. The Morgan fingerprint density at radius 3 is 2.44 bits per heavy atom. The van der Waals surface area contributed by atoms with E-state index in [1.54, 1.807) is 24.3 Å². The normalized spacial score (nSPS) is 11.8.